The van der Waals surface area contributed by atoms with Gasteiger partial charge in [0.25, 0.3) is 11.8 Å². The summed E-state index contributed by atoms with van der Waals surface area (Å²) in [5, 5.41) is 15.0. The third-order valence-corrected chi connectivity index (χ3v) is 18.6. The molecule has 5 N–H and O–H groups in total. The zero-order valence-corrected chi connectivity index (χ0v) is 52.0. The second-order valence-corrected chi connectivity index (χ2v) is 25.0. The van der Waals surface area contributed by atoms with Gasteiger partial charge in [-0.3, -0.25) is 38.4 Å². The zero-order valence-electron chi connectivity index (χ0n) is 52.0. The first-order chi connectivity index (χ1) is 42.2. The van der Waals surface area contributed by atoms with E-state index in [0.29, 0.717) is 63.2 Å². The van der Waals surface area contributed by atoms with Gasteiger partial charge in [0.05, 0.1) is 19.1 Å². The maximum Gasteiger partial charge on any atom is 0.251 e. The van der Waals surface area contributed by atoms with E-state index in [-0.39, 0.29) is 78.4 Å². The molecule has 0 aromatic heterocycles. The largest absolute Gasteiger partial charge is 0.344 e. The summed E-state index contributed by atoms with van der Waals surface area (Å²) >= 11 is 0. The molecule has 2 aliphatic carbocycles. The van der Waals surface area contributed by atoms with E-state index in [0.717, 1.165) is 125 Å². The lowest BCUT2D eigenvalue weighted by Gasteiger charge is -2.42. The summed E-state index contributed by atoms with van der Waals surface area (Å²) in [6.45, 7) is 7.54. The molecule has 5 atom stereocenters. The molecule has 17 heteroatoms. The van der Waals surface area contributed by atoms with Crippen LogP contribution in [0.25, 0.3) is 11.1 Å². The number of hydrogen-bond acceptors (Lipinski definition) is 9. The average Bonchev–Trinajstić information content (AvgIpc) is 2.92. The molecule has 2 saturated carbocycles. The van der Waals surface area contributed by atoms with Gasteiger partial charge in [-0.2, -0.15) is 0 Å². The maximum absolute atomic E-state index is 14.7. The fourth-order valence-electron chi connectivity index (χ4n) is 13.1. The Morgan fingerprint density at radius 1 is 0.471 bits per heavy atom. The van der Waals surface area contributed by atoms with Crippen LogP contribution in [0, 0.1) is 17.8 Å². The molecule has 4 aromatic carbocycles. The summed E-state index contributed by atoms with van der Waals surface area (Å²) in [5.41, 5.74) is 4.50. The van der Waals surface area contributed by atoms with Crippen LogP contribution in [0.3, 0.4) is 0 Å². The van der Waals surface area contributed by atoms with Crippen molar-refractivity contribution in [2.24, 2.45) is 17.8 Å². The first-order valence-electron chi connectivity index (χ1n) is 32.5. The van der Waals surface area contributed by atoms with E-state index in [1.807, 2.05) is 109 Å². The zero-order chi connectivity index (χ0) is 61.7. The quantitative estimate of drug-likeness (QED) is 0.0411. The fourth-order valence-corrected chi connectivity index (χ4v) is 13.1. The van der Waals surface area contributed by atoms with Crippen LogP contribution in [0.4, 0.5) is 0 Å². The van der Waals surface area contributed by atoms with Crippen molar-refractivity contribution < 1.29 is 38.4 Å². The Bertz CT molecular complexity index is 2890. The summed E-state index contributed by atoms with van der Waals surface area (Å²) in [6, 6.07) is 31.8. The molecule has 87 heavy (non-hydrogen) atoms. The summed E-state index contributed by atoms with van der Waals surface area (Å²) < 4.78 is 0. The molecule has 0 bridgehead atoms. The first kappa shape index (κ1) is 65.6. The molecule has 468 valence electrons. The van der Waals surface area contributed by atoms with Gasteiger partial charge in [-0.15, -0.1) is 0 Å². The number of carbonyl (C=O) groups is 8. The van der Waals surface area contributed by atoms with E-state index in [1.54, 1.807) is 48.0 Å². The normalized spacial score (nSPS) is 18.6. The van der Waals surface area contributed by atoms with Crippen LogP contribution in [0.5, 0.6) is 0 Å². The third-order valence-electron chi connectivity index (χ3n) is 18.6. The van der Waals surface area contributed by atoms with Gasteiger partial charge in [0.1, 0.15) is 12.1 Å². The number of hydrogen-bond donors (Lipinski definition) is 5. The van der Waals surface area contributed by atoms with E-state index in [9.17, 15) is 38.4 Å². The van der Waals surface area contributed by atoms with Crippen LogP contribution in [-0.4, -0.2) is 156 Å². The van der Waals surface area contributed by atoms with E-state index < -0.39 is 29.9 Å². The predicted octanol–water partition coefficient (Wildman–Crippen LogP) is 8.11. The molecule has 4 fully saturated rings. The minimum Gasteiger partial charge on any atom is -0.344 e. The Labute approximate surface area is 515 Å². The molecular weight excluding hydrogens is 1090 g/mol. The Balaban J connectivity index is 0.874. The highest BCUT2D eigenvalue weighted by atomic mass is 16.2. The van der Waals surface area contributed by atoms with Gasteiger partial charge in [-0.05, 0) is 149 Å². The molecule has 4 aliphatic rings. The molecule has 17 nitrogen and oxygen atoms in total. The number of nitrogens with zero attached hydrogens (tertiary/aromatic N) is 4. The van der Waals surface area contributed by atoms with Crippen molar-refractivity contribution in [2.75, 3.05) is 59.4 Å². The minimum atomic E-state index is -0.638. The monoisotopic (exact) mass is 1190 g/mol. The number of likely N-dealkylation sites (tertiary alicyclic amines) is 2. The molecule has 2 heterocycles. The Hall–Kier alpha value is -7.40. The molecular formula is C70H95N9O8. The topological polar surface area (TPSA) is 210 Å². The van der Waals surface area contributed by atoms with Gasteiger partial charge >= 0.3 is 0 Å². The molecule has 8 amide bonds. The van der Waals surface area contributed by atoms with Crippen LogP contribution < -0.4 is 26.6 Å². The Kier molecular flexibility index (Phi) is 24.9. The number of amides is 8. The van der Waals surface area contributed by atoms with Crippen LogP contribution in [-0.2, 0) is 41.6 Å². The molecule has 4 aromatic rings. The number of likely N-dealkylation sites (N-methyl/N-ethyl adjacent to an activating group) is 1. The summed E-state index contributed by atoms with van der Waals surface area (Å²) in [6.07, 6.45) is 16.1. The lowest BCUT2D eigenvalue weighted by atomic mass is 9.82. The Morgan fingerprint density at radius 3 is 1.23 bits per heavy atom. The SMILES string of the molecule is CN[C@@H](C)C(=O)N[C@H](C(=O)N1CCCC[C@H]1CN(CCc1ccccc1)C(=O)CNC(=O)c1ccc(-c2ccc(C(=O)NCC(=O)N(CCc3ccccc3)C[C@@H]3CCCCN3C(=O)[C@@H](NC(=O)C(C)C)C3CCCCC3)cc2)cc1)C1CCCCC1. The van der Waals surface area contributed by atoms with Crippen molar-refractivity contribution in [1.29, 1.82) is 0 Å². The number of nitrogens with one attached hydrogen (secondary N) is 5. The van der Waals surface area contributed by atoms with Gasteiger partial charge in [0, 0.05) is 68.4 Å². The highest BCUT2D eigenvalue weighted by Gasteiger charge is 2.41. The molecule has 0 radical (unpaired) electrons. The summed E-state index contributed by atoms with van der Waals surface area (Å²) in [7, 11) is 1.73. The molecule has 2 aliphatic heterocycles. The second-order valence-electron chi connectivity index (χ2n) is 25.0. The third kappa shape index (κ3) is 18.8. The fraction of sp³-hybridized carbons (Fsp3) is 0.543. The standard InChI is InChI=1S/C70H95N9O8/c1-49(2)65(82)74-63(55-25-13-7-14-26-55)69(86)78-41-19-17-29-59(78)47-76(43-39-51-21-9-5-10-22-51)61(80)45-72-67(84)57-35-31-53(32-36-57)54-33-37-58(38-34-54)68(85)73-46-62(81)77(44-40-52-23-11-6-12-24-52)48-60-30-18-20-42-79(60)70(87)64(56-27-15-8-16-28-56)75-66(83)50(3)71-4/h5-6,9-12,21-24,31-38,49-50,55-56,59-60,63-64,71H,7-8,13-20,25-30,39-48H2,1-4H3,(H,72,84)(H,73,85)(H,74,82)(H,75,83)/t50-,59-,60-,63-,64-/m0/s1. The van der Waals surface area contributed by atoms with Crippen LogP contribution >= 0.6 is 0 Å². The van der Waals surface area contributed by atoms with Crippen molar-refractivity contribution in [3.05, 3.63) is 131 Å². The lowest BCUT2D eigenvalue weighted by Crippen LogP contribution is -2.60. The van der Waals surface area contributed by atoms with Crippen molar-refractivity contribution in [1.82, 2.24) is 46.2 Å². The van der Waals surface area contributed by atoms with E-state index in [4.69, 9.17) is 0 Å². The number of benzene rings is 4. The number of rotatable bonds is 26. The van der Waals surface area contributed by atoms with E-state index in [1.165, 1.54) is 0 Å². The number of piperidine rings is 2. The highest BCUT2D eigenvalue weighted by molar-refractivity contribution is 5.98. The second kappa shape index (κ2) is 33.1. The van der Waals surface area contributed by atoms with Crippen molar-refractivity contribution in [3.63, 3.8) is 0 Å². The van der Waals surface area contributed by atoms with Crippen LogP contribution in [0.15, 0.2) is 109 Å². The highest BCUT2D eigenvalue weighted by Crippen LogP contribution is 2.32. The van der Waals surface area contributed by atoms with Gasteiger partial charge < -0.3 is 46.2 Å². The maximum atomic E-state index is 14.7. The van der Waals surface area contributed by atoms with Crippen LogP contribution in [0.2, 0.25) is 0 Å². The van der Waals surface area contributed by atoms with Gasteiger partial charge in [-0.25, -0.2) is 0 Å². The average molecular weight is 1190 g/mol. The van der Waals surface area contributed by atoms with Crippen molar-refractivity contribution in [2.45, 2.75) is 167 Å². The van der Waals surface area contributed by atoms with Gasteiger partial charge in [-0.1, -0.05) is 137 Å². The summed E-state index contributed by atoms with van der Waals surface area (Å²) in [5.74, 6) is -1.92. The van der Waals surface area contributed by atoms with Crippen molar-refractivity contribution in [3.8, 4) is 11.1 Å². The van der Waals surface area contributed by atoms with E-state index >= 15 is 0 Å². The predicted molar refractivity (Wildman–Crippen MR) is 339 cm³/mol. The van der Waals surface area contributed by atoms with Crippen molar-refractivity contribution >= 4 is 47.3 Å². The minimum absolute atomic E-state index is 0.0461. The van der Waals surface area contributed by atoms with Gasteiger partial charge in [0.2, 0.25) is 35.4 Å². The summed E-state index contributed by atoms with van der Waals surface area (Å²) in [4.78, 5) is 119. The smallest absolute Gasteiger partial charge is 0.251 e. The molecule has 8 rings (SSSR count). The molecule has 2 saturated heterocycles. The molecule has 0 unspecified atom stereocenters. The Morgan fingerprint density at radius 2 is 0.851 bits per heavy atom. The number of carbonyl (C=O) groups excluding carboxylic acids is 8. The van der Waals surface area contributed by atoms with Crippen LogP contribution in [0.1, 0.15) is 155 Å². The lowest BCUT2D eigenvalue weighted by molar-refractivity contribution is -0.144. The van der Waals surface area contributed by atoms with E-state index in [2.05, 4.69) is 26.6 Å². The van der Waals surface area contributed by atoms with Gasteiger partial charge in [0.15, 0.2) is 0 Å². The molecule has 0 spiro atoms. The first-order valence-corrected chi connectivity index (χ1v) is 32.5.